The third-order valence-corrected chi connectivity index (χ3v) is 8.40. The van der Waals surface area contributed by atoms with Crippen molar-refractivity contribution in [3.05, 3.63) is 133 Å². The van der Waals surface area contributed by atoms with E-state index in [0.717, 1.165) is 23.5 Å². The topological polar surface area (TPSA) is 26.1 Å². The van der Waals surface area contributed by atoms with Crippen molar-refractivity contribution in [2.75, 3.05) is 0 Å². The molecule has 4 heterocycles. The van der Waals surface area contributed by atoms with E-state index in [0.29, 0.717) is 0 Å². The van der Waals surface area contributed by atoms with E-state index in [4.69, 9.17) is 0 Å². The van der Waals surface area contributed by atoms with Gasteiger partial charge in [-0.1, -0.05) is 79.5 Å². The smallest absolute Gasteiger partial charge is 0.363 e. The predicted octanol–water partition coefficient (Wildman–Crippen LogP) is 8.79. The Morgan fingerprint density at radius 2 is 1.59 bits per heavy atom. The van der Waals surface area contributed by atoms with Crippen molar-refractivity contribution in [3.8, 4) is 16.9 Å². The zero-order valence-electron chi connectivity index (χ0n) is 25.5. The van der Waals surface area contributed by atoms with Crippen LogP contribution in [0.1, 0.15) is 36.5 Å². The van der Waals surface area contributed by atoms with Gasteiger partial charge in [0.2, 0.25) is 6.33 Å². The maximum atomic E-state index is 4.41. The van der Waals surface area contributed by atoms with Crippen molar-refractivity contribution in [1.29, 1.82) is 0 Å². The number of aryl methyl sites for hydroxylation is 4. The van der Waals surface area contributed by atoms with Crippen LogP contribution in [0.5, 0.6) is 0 Å². The Morgan fingerprint density at radius 1 is 0.795 bits per heavy atom. The summed E-state index contributed by atoms with van der Waals surface area (Å²) in [6, 6.07) is 34.6. The van der Waals surface area contributed by atoms with E-state index in [1.807, 2.05) is 16.8 Å². The Kier molecular flexibility index (Phi) is 8.35. The van der Waals surface area contributed by atoms with Crippen molar-refractivity contribution >= 4 is 38.1 Å². The largest absolute Gasteiger partial charge is 3.00 e. The molecular formula is C39H34IrN4+. The zero-order chi connectivity index (χ0) is 29.5. The molecule has 0 fully saturated rings. The summed E-state index contributed by atoms with van der Waals surface area (Å²) in [7, 11) is 0. The summed E-state index contributed by atoms with van der Waals surface area (Å²) in [6.45, 7) is 9.46. The second kappa shape index (κ2) is 12.4. The second-order valence-electron chi connectivity index (χ2n) is 11.4. The summed E-state index contributed by atoms with van der Waals surface area (Å²) in [4.78, 5) is 4.41. The number of aromatic nitrogens is 4. The van der Waals surface area contributed by atoms with Gasteiger partial charge in [0.05, 0.1) is 6.54 Å². The number of imidazole rings is 1. The van der Waals surface area contributed by atoms with Crippen molar-refractivity contribution in [1.82, 2.24) is 14.0 Å². The van der Waals surface area contributed by atoms with Crippen molar-refractivity contribution in [2.45, 2.75) is 47.1 Å². The van der Waals surface area contributed by atoms with Gasteiger partial charge in [-0.3, -0.25) is 0 Å². The van der Waals surface area contributed by atoms with E-state index in [1.54, 1.807) is 0 Å². The molecule has 0 unspecified atom stereocenters. The van der Waals surface area contributed by atoms with Crippen LogP contribution in [0.15, 0.2) is 97.5 Å². The van der Waals surface area contributed by atoms with E-state index in [-0.39, 0.29) is 20.1 Å². The molecule has 0 aliphatic carbocycles. The Labute approximate surface area is 272 Å². The Morgan fingerprint density at radius 3 is 2.36 bits per heavy atom. The van der Waals surface area contributed by atoms with Crippen molar-refractivity contribution < 1.29 is 24.7 Å². The third-order valence-electron chi connectivity index (χ3n) is 8.40. The number of benzene rings is 4. The quantitative estimate of drug-likeness (QED) is 0.128. The van der Waals surface area contributed by atoms with Crippen molar-refractivity contribution in [2.24, 2.45) is 0 Å². The molecule has 5 heteroatoms. The number of unbranched alkanes of at least 4 members (excludes halogenated alkanes) is 1. The molecule has 0 saturated heterocycles. The molecule has 0 spiro atoms. The van der Waals surface area contributed by atoms with Gasteiger partial charge in [-0.15, -0.1) is 40.8 Å². The van der Waals surface area contributed by atoms with Crippen LogP contribution in [0.25, 0.3) is 55.0 Å². The van der Waals surface area contributed by atoms with Crippen LogP contribution in [0.3, 0.4) is 0 Å². The fourth-order valence-electron chi connectivity index (χ4n) is 5.87. The molecule has 4 aromatic heterocycles. The van der Waals surface area contributed by atoms with Crippen LogP contribution < -0.4 is 4.57 Å². The first-order chi connectivity index (χ1) is 21.0. The van der Waals surface area contributed by atoms with Crippen molar-refractivity contribution in [3.63, 3.8) is 0 Å². The van der Waals surface area contributed by atoms with Gasteiger partial charge in [-0.05, 0) is 43.0 Å². The number of hydrogen-bond donors (Lipinski definition) is 0. The molecule has 0 aliphatic rings. The van der Waals surface area contributed by atoms with E-state index in [1.165, 1.54) is 67.6 Å². The minimum absolute atomic E-state index is 0. The Hall–Kier alpha value is -4.31. The summed E-state index contributed by atoms with van der Waals surface area (Å²) in [5, 5.41) is 5.19. The average molecular weight is 751 g/mol. The molecule has 0 amide bonds. The van der Waals surface area contributed by atoms with E-state index in [2.05, 4.69) is 145 Å². The summed E-state index contributed by atoms with van der Waals surface area (Å²) in [5.41, 5.74) is 10.6. The number of hydrogen-bond acceptors (Lipinski definition) is 1. The first-order valence-corrected chi connectivity index (χ1v) is 15.0. The molecular weight excluding hydrogens is 717 g/mol. The van der Waals surface area contributed by atoms with Gasteiger partial charge < -0.3 is 18.5 Å². The molecule has 0 atom stereocenters. The van der Waals surface area contributed by atoms with Gasteiger partial charge in [-0.2, -0.15) is 18.2 Å². The van der Waals surface area contributed by atoms with Gasteiger partial charge in [0.25, 0.3) is 0 Å². The standard InChI is InChI=1S/C25H20N3.C14H14N.Ir/c1-2-3-13-26-14-15-27(17-26)18-11-12-24-22(16-18)21-9-6-8-20-19-7-4-5-10-23(19)28(24)25(20)21;1-10-4-6-13(7-5-10)14-8-11(2)12(3)9-15-14;/h4-10,12,14-16H,2-3,13H2,1H3;4-6,8-9H,1-3H3;/q2*-1;+3. The third kappa shape index (κ3) is 5.32. The predicted molar refractivity (Wildman–Crippen MR) is 176 cm³/mol. The monoisotopic (exact) mass is 751 g/mol. The average Bonchev–Trinajstić information content (AvgIpc) is 3.74. The summed E-state index contributed by atoms with van der Waals surface area (Å²) >= 11 is 0. The van der Waals surface area contributed by atoms with Gasteiger partial charge in [0.1, 0.15) is 0 Å². The number of rotatable bonds is 5. The normalized spacial score (nSPS) is 11.3. The fraction of sp³-hybridized carbons (Fsp3) is 0.179. The Bertz CT molecular complexity index is 2200. The molecule has 0 saturated carbocycles. The maximum Gasteiger partial charge on any atom is 3.00 e. The molecule has 8 aromatic rings. The van der Waals surface area contributed by atoms with Crippen LogP contribution in [-0.2, 0) is 26.7 Å². The molecule has 44 heavy (non-hydrogen) atoms. The van der Waals surface area contributed by atoms with Gasteiger partial charge in [-0.25, -0.2) is 0 Å². The van der Waals surface area contributed by atoms with Gasteiger partial charge in [0, 0.05) is 40.4 Å². The van der Waals surface area contributed by atoms with E-state index >= 15 is 0 Å². The van der Waals surface area contributed by atoms with Gasteiger partial charge >= 0.3 is 20.1 Å². The Balaban J connectivity index is 0.000000183. The van der Waals surface area contributed by atoms with Crippen LogP contribution in [0.4, 0.5) is 0 Å². The summed E-state index contributed by atoms with van der Waals surface area (Å²) in [6.07, 6.45) is 11.9. The van der Waals surface area contributed by atoms with Gasteiger partial charge in [0.15, 0.2) is 0 Å². The SMILES string of the molecule is CCCC[n+]1[c-]n(-c2[c-]cc3c(c2)c2cccc4c5ccccc5n3c24)cc1.Cc1c[c-]c(-c2cc(C)c(C)cn2)cc1.[Ir+3]. The number of para-hydroxylation sites is 2. The minimum atomic E-state index is 0. The summed E-state index contributed by atoms with van der Waals surface area (Å²) < 4.78 is 6.56. The number of pyridine rings is 1. The van der Waals surface area contributed by atoms with Crippen LogP contribution in [0, 0.1) is 39.2 Å². The number of nitrogens with zero attached hydrogens (tertiary/aromatic N) is 4. The fourth-order valence-corrected chi connectivity index (χ4v) is 5.87. The molecule has 218 valence electrons. The molecule has 0 bridgehead atoms. The van der Waals surface area contributed by atoms with E-state index in [9.17, 15) is 0 Å². The number of fused-ring (bicyclic) bond motifs is 6. The summed E-state index contributed by atoms with van der Waals surface area (Å²) in [5.74, 6) is 0. The first-order valence-electron chi connectivity index (χ1n) is 15.0. The molecule has 4 aromatic carbocycles. The molecule has 0 aliphatic heterocycles. The minimum Gasteiger partial charge on any atom is -0.363 e. The molecule has 0 N–H and O–H groups in total. The maximum absolute atomic E-state index is 4.41. The molecule has 4 nitrogen and oxygen atoms in total. The van der Waals surface area contributed by atoms with E-state index < -0.39 is 0 Å². The van der Waals surface area contributed by atoms with Crippen LogP contribution >= 0.6 is 0 Å². The van der Waals surface area contributed by atoms with Crippen LogP contribution in [-0.4, -0.2) is 14.0 Å². The zero-order valence-corrected chi connectivity index (χ0v) is 27.9. The molecule has 0 radical (unpaired) electrons. The molecule has 8 rings (SSSR count). The second-order valence-corrected chi connectivity index (χ2v) is 11.4. The van der Waals surface area contributed by atoms with Crippen LogP contribution in [0.2, 0.25) is 0 Å². The first kappa shape index (κ1) is 29.7.